The van der Waals surface area contributed by atoms with Crippen LogP contribution in [0.15, 0.2) is 61.0 Å². The van der Waals surface area contributed by atoms with Crippen LogP contribution in [0, 0.1) is 0 Å². The number of anilines is 3. The van der Waals surface area contributed by atoms with Gasteiger partial charge in [0, 0.05) is 18.0 Å². The smallest absolute Gasteiger partial charge is 0.397 e. The van der Waals surface area contributed by atoms with Crippen LogP contribution in [0.2, 0.25) is 0 Å². The van der Waals surface area contributed by atoms with Crippen LogP contribution in [-0.4, -0.2) is 117 Å². The molecule has 2 aromatic heterocycles. The highest BCUT2D eigenvalue weighted by Gasteiger charge is 2.48. The maximum absolute atomic E-state index is 12.4. The third-order valence-electron chi connectivity index (χ3n) is 7.87. The predicted molar refractivity (Wildman–Crippen MR) is 177 cm³/mol. The first-order valence-electron chi connectivity index (χ1n) is 15.1. The molecular formula is C27H37N9O14P2. The Labute approximate surface area is 293 Å². The number of para-hydroxylation sites is 2. The Morgan fingerprint density at radius 2 is 1.42 bits per heavy atom. The van der Waals surface area contributed by atoms with Gasteiger partial charge in [0.2, 0.25) is 5.91 Å². The van der Waals surface area contributed by atoms with Crippen molar-refractivity contribution in [3.8, 4) is 0 Å². The van der Waals surface area contributed by atoms with Crippen molar-refractivity contribution in [2.45, 2.75) is 55.5 Å². The zero-order valence-electron chi connectivity index (χ0n) is 26.8. The number of nitrogen functional groups attached to an aromatic ring is 3. The highest BCUT2D eigenvalue weighted by molar-refractivity contribution is 7.61. The lowest BCUT2D eigenvalue weighted by Gasteiger charge is -2.28. The third-order valence-corrected chi connectivity index (χ3v) is 10.5. The quantitative estimate of drug-likeness (QED) is 0.0756. The Balaban J connectivity index is 0.000000577. The van der Waals surface area contributed by atoms with E-state index < -0.39 is 83.8 Å². The van der Waals surface area contributed by atoms with Crippen molar-refractivity contribution < 1.29 is 67.0 Å². The van der Waals surface area contributed by atoms with Crippen molar-refractivity contribution >= 4 is 49.9 Å². The number of imidazole rings is 1. The van der Waals surface area contributed by atoms with Crippen LogP contribution in [0.4, 0.5) is 17.2 Å². The summed E-state index contributed by atoms with van der Waals surface area (Å²) >= 11 is 0. The van der Waals surface area contributed by atoms with Gasteiger partial charge in [0.25, 0.3) is 0 Å². The summed E-state index contributed by atoms with van der Waals surface area (Å²) in [4.78, 5) is 44.6. The molecule has 3 aliphatic rings. The number of aliphatic hydroxyl groups is 4. The van der Waals surface area contributed by atoms with Crippen molar-refractivity contribution in [1.82, 2.24) is 24.4 Å². The molecule has 14 N–H and O–H groups in total. The summed E-state index contributed by atoms with van der Waals surface area (Å²) < 4.78 is 50.8. The molecule has 2 saturated heterocycles. The molecule has 25 heteroatoms. The Morgan fingerprint density at radius 1 is 0.865 bits per heavy atom. The number of phosphoric ester groups is 2. The second-order valence-electron chi connectivity index (χ2n) is 11.5. The standard InChI is InChI=1S/C21H29N7O14P2.C6H8N2/c22-17-12-19(25-7-24-17)28(8-26-12)21-16(32)14(30)11(41-21)6-39-44(36,37)42-43(34,35)38-5-10-13(29)15(31)20(40-10)27-3-1-2-9(4-27)18(23)33;7-5-3-1-2-4-6(5)8/h1,3-4,7-8,10-11,13-16,20-21,29-32H,2,5-6H2,(H2,23,33)(H,34,35)(H,36,37)(H2,22,24,25);1-4H,7-8H2/t10-,11-,13-,14-,15-,16-,20-,21-;/m1./s1. The van der Waals surface area contributed by atoms with Crippen molar-refractivity contribution in [1.29, 1.82) is 0 Å². The van der Waals surface area contributed by atoms with Gasteiger partial charge in [-0.2, -0.15) is 4.31 Å². The molecule has 3 aliphatic heterocycles. The molecule has 1 aromatic carbocycles. The van der Waals surface area contributed by atoms with Gasteiger partial charge in [-0.05, 0) is 18.6 Å². The van der Waals surface area contributed by atoms with Crippen molar-refractivity contribution in [2.24, 2.45) is 5.73 Å². The van der Waals surface area contributed by atoms with E-state index in [-0.39, 0.29) is 29.0 Å². The molecular weight excluding hydrogens is 736 g/mol. The summed E-state index contributed by atoms with van der Waals surface area (Å²) in [6.07, 6.45) is -4.88. The molecule has 284 valence electrons. The number of carbonyl (C=O) groups is 1. The highest BCUT2D eigenvalue weighted by Crippen LogP contribution is 2.60. The number of allylic oxidation sites excluding steroid dienone is 1. The number of nitrogens with two attached hydrogens (primary N) is 4. The molecule has 2 unspecified atom stereocenters. The largest absolute Gasteiger partial charge is 0.481 e. The Morgan fingerprint density at radius 3 is 1.98 bits per heavy atom. The summed E-state index contributed by atoms with van der Waals surface area (Å²) in [5, 5.41) is 41.6. The molecule has 10 atom stereocenters. The molecule has 23 nitrogen and oxygen atoms in total. The maximum Gasteiger partial charge on any atom is 0.481 e. The number of amides is 1. The molecule has 0 saturated carbocycles. The van der Waals surface area contributed by atoms with Crippen LogP contribution in [0.5, 0.6) is 0 Å². The Bertz CT molecular complexity index is 1900. The number of benzene rings is 1. The van der Waals surface area contributed by atoms with Crippen molar-refractivity contribution in [3.63, 3.8) is 0 Å². The zero-order chi connectivity index (χ0) is 38.0. The van der Waals surface area contributed by atoms with Gasteiger partial charge in [0.15, 0.2) is 23.9 Å². The molecule has 6 rings (SSSR count). The molecule has 5 heterocycles. The fourth-order valence-electron chi connectivity index (χ4n) is 5.19. The average molecular weight is 774 g/mol. The number of ether oxygens (including phenoxy) is 2. The minimum absolute atomic E-state index is 0.0517. The summed E-state index contributed by atoms with van der Waals surface area (Å²) in [6.45, 7) is -1.79. The van der Waals surface area contributed by atoms with Crippen LogP contribution in [0.1, 0.15) is 12.6 Å². The second-order valence-corrected chi connectivity index (χ2v) is 14.5. The Hall–Kier alpha value is -4.06. The van der Waals surface area contributed by atoms with Crippen LogP contribution in [0.3, 0.4) is 0 Å². The highest BCUT2D eigenvalue weighted by atomic mass is 31.3. The van der Waals surface area contributed by atoms with Crippen LogP contribution in [-0.2, 0) is 36.8 Å². The summed E-state index contributed by atoms with van der Waals surface area (Å²) in [5.41, 5.74) is 23.7. The number of aliphatic hydroxyl groups excluding tert-OH is 4. The molecule has 0 spiro atoms. The van der Waals surface area contributed by atoms with Gasteiger partial charge in [-0.1, -0.05) is 18.2 Å². The van der Waals surface area contributed by atoms with Crippen molar-refractivity contribution in [3.05, 3.63) is 61.0 Å². The van der Waals surface area contributed by atoms with Crippen molar-refractivity contribution in [2.75, 3.05) is 30.4 Å². The predicted octanol–water partition coefficient (Wildman–Crippen LogP) is -1.84. The van der Waals surface area contributed by atoms with E-state index >= 15 is 0 Å². The first-order valence-corrected chi connectivity index (χ1v) is 18.1. The van der Waals surface area contributed by atoms with Gasteiger partial charge < -0.3 is 67.5 Å². The van der Waals surface area contributed by atoms with Gasteiger partial charge in [-0.25, -0.2) is 24.1 Å². The van der Waals surface area contributed by atoms with E-state index in [4.69, 9.17) is 41.5 Å². The number of hydrogen-bond donors (Lipinski definition) is 10. The first-order chi connectivity index (χ1) is 24.5. The van der Waals surface area contributed by atoms with Gasteiger partial charge in [-0.3, -0.25) is 18.4 Å². The number of nitrogens with zero attached hydrogens (tertiary/aromatic N) is 5. The molecule has 0 aliphatic carbocycles. The van der Waals surface area contributed by atoms with E-state index in [0.717, 1.165) is 6.33 Å². The summed E-state index contributed by atoms with van der Waals surface area (Å²) in [6, 6.07) is 7.25. The van der Waals surface area contributed by atoms with E-state index in [0.29, 0.717) is 11.4 Å². The van der Waals surface area contributed by atoms with E-state index in [1.54, 1.807) is 18.2 Å². The second kappa shape index (κ2) is 15.9. The molecule has 2 fully saturated rings. The lowest BCUT2D eigenvalue weighted by molar-refractivity contribution is -0.115. The summed E-state index contributed by atoms with van der Waals surface area (Å²) in [5.74, 6) is -0.658. The first kappa shape index (κ1) is 39.2. The normalized spacial score (nSPS) is 29.6. The molecule has 0 radical (unpaired) electrons. The fraction of sp³-hybridized carbons (Fsp3) is 0.407. The fourth-order valence-corrected chi connectivity index (χ4v) is 7.28. The minimum Gasteiger partial charge on any atom is -0.397 e. The number of carbonyl (C=O) groups excluding carboxylic acids is 1. The van der Waals surface area contributed by atoms with Gasteiger partial charge >= 0.3 is 15.6 Å². The van der Waals surface area contributed by atoms with Gasteiger partial charge in [0.05, 0.1) is 30.9 Å². The van der Waals surface area contributed by atoms with Crippen LogP contribution < -0.4 is 22.9 Å². The van der Waals surface area contributed by atoms with Crippen LogP contribution >= 0.6 is 15.6 Å². The Kier molecular flexibility index (Phi) is 12.0. The third kappa shape index (κ3) is 8.93. The number of rotatable bonds is 11. The maximum atomic E-state index is 12.4. The molecule has 52 heavy (non-hydrogen) atoms. The summed E-state index contributed by atoms with van der Waals surface area (Å²) in [7, 11) is -10.7. The average Bonchev–Trinajstić information content (AvgIpc) is 3.74. The monoisotopic (exact) mass is 773 g/mol. The topological polar surface area (TPSA) is 370 Å². The zero-order valence-corrected chi connectivity index (χ0v) is 28.6. The molecule has 0 bridgehead atoms. The lowest BCUT2D eigenvalue weighted by Crippen LogP contribution is -2.40. The van der Waals surface area contributed by atoms with E-state index in [9.17, 15) is 44.1 Å². The van der Waals surface area contributed by atoms with E-state index in [2.05, 4.69) is 19.3 Å². The van der Waals surface area contributed by atoms with Gasteiger partial charge in [-0.15, -0.1) is 0 Å². The number of aromatic nitrogens is 4. The molecule has 1 amide bonds. The number of hydrogen-bond acceptors (Lipinski definition) is 19. The molecule has 3 aromatic rings. The van der Waals surface area contributed by atoms with E-state index in [1.165, 1.54) is 28.2 Å². The number of primary amides is 1. The SMILES string of the molecule is NC(=O)C1=CN([C@@H]2O[C@H](COP(=O)(O)OP(=O)(O)OC[C@H]3O[C@@H](n4cnc5c(N)ncnc54)[C@H](O)[C@@H]3O)[C@@H](O)[C@H]2O)C=CC1.Nc1ccccc1N. The van der Waals surface area contributed by atoms with Crippen LogP contribution in [0.25, 0.3) is 11.2 Å². The number of phosphoric acid groups is 2. The van der Waals surface area contributed by atoms with E-state index in [1.807, 2.05) is 12.1 Å². The van der Waals surface area contributed by atoms with Gasteiger partial charge in [0.1, 0.15) is 48.5 Å². The lowest BCUT2D eigenvalue weighted by atomic mass is 10.1. The minimum atomic E-state index is -5.37. The number of fused-ring (bicyclic) bond motifs is 1.